The molecule has 11 aromatic rings. The summed E-state index contributed by atoms with van der Waals surface area (Å²) in [6, 6.07) is 69.6. The van der Waals surface area contributed by atoms with Crippen molar-refractivity contribution in [3.63, 3.8) is 0 Å². The Morgan fingerprint density at radius 2 is 0.862 bits per heavy atom. The number of rotatable bonds is 6. The van der Waals surface area contributed by atoms with Crippen LogP contribution < -0.4 is 0 Å². The second-order valence-corrected chi connectivity index (χ2v) is 14.5. The van der Waals surface area contributed by atoms with Crippen LogP contribution in [0.1, 0.15) is 0 Å². The molecule has 0 bridgehead atoms. The Morgan fingerprint density at radius 1 is 0.362 bits per heavy atom. The molecule has 0 aliphatic heterocycles. The van der Waals surface area contributed by atoms with Crippen molar-refractivity contribution in [1.29, 1.82) is 0 Å². The lowest BCUT2D eigenvalue weighted by molar-refractivity contribution is 1.15. The van der Waals surface area contributed by atoms with Crippen molar-refractivity contribution in [3.8, 4) is 56.4 Å². The van der Waals surface area contributed by atoms with Crippen LogP contribution in [-0.4, -0.2) is 19.1 Å². The molecule has 0 aliphatic rings. The second-order valence-electron chi connectivity index (χ2n) is 14.5. The van der Waals surface area contributed by atoms with Crippen LogP contribution in [0.4, 0.5) is 5.69 Å². The summed E-state index contributed by atoms with van der Waals surface area (Å²) in [7, 11) is 0. The Balaban J connectivity index is 1.21. The van der Waals surface area contributed by atoms with E-state index >= 15 is 0 Å². The van der Waals surface area contributed by atoms with Crippen molar-refractivity contribution in [3.05, 3.63) is 212 Å². The molecule has 11 rings (SSSR count). The summed E-state index contributed by atoms with van der Waals surface area (Å²) in [5.41, 5.74) is 13.5. The Hall–Kier alpha value is -8.07. The lowest BCUT2D eigenvalue weighted by Crippen LogP contribution is -1.99. The minimum absolute atomic E-state index is 0.596. The van der Waals surface area contributed by atoms with Crippen molar-refractivity contribution >= 4 is 49.3 Å². The van der Waals surface area contributed by atoms with E-state index in [1.807, 2.05) is 60.7 Å². The van der Waals surface area contributed by atoms with Crippen molar-refractivity contribution in [1.82, 2.24) is 19.1 Å². The molecule has 8 aromatic carbocycles. The Morgan fingerprint density at radius 3 is 1.50 bits per heavy atom. The number of hydrogen-bond donors (Lipinski definition) is 0. The number of para-hydroxylation sites is 4. The predicted octanol–water partition coefficient (Wildman–Crippen LogP) is 13.9. The van der Waals surface area contributed by atoms with Gasteiger partial charge in [-0.2, -0.15) is 0 Å². The molecule has 0 spiro atoms. The van der Waals surface area contributed by atoms with Gasteiger partial charge in [0.05, 0.1) is 40.0 Å². The minimum atomic E-state index is 0.596. The lowest BCUT2D eigenvalue weighted by atomic mass is 9.98. The van der Waals surface area contributed by atoms with Gasteiger partial charge in [-0.05, 0) is 65.7 Å². The van der Waals surface area contributed by atoms with Gasteiger partial charge >= 0.3 is 0 Å². The number of nitrogens with zero attached hydrogens (tertiary/aromatic N) is 5. The molecule has 58 heavy (non-hydrogen) atoms. The van der Waals surface area contributed by atoms with Gasteiger partial charge in [0.2, 0.25) is 0 Å². The predicted molar refractivity (Wildman–Crippen MR) is 239 cm³/mol. The van der Waals surface area contributed by atoms with Gasteiger partial charge in [0, 0.05) is 49.6 Å². The highest BCUT2D eigenvalue weighted by Crippen LogP contribution is 2.40. The fraction of sp³-hybridized carbons (Fsp3) is 0. The zero-order valence-electron chi connectivity index (χ0n) is 31.3. The van der Waals surface area contributed by atoms with Crippen LogP contribution >= 0.6 is 0 Å². The fourth-order valence-electron chi connectivity index (χ4n) is 8.50. The van der Waals surface area contributed by atoms with Gasteiger partial charge < -0.3 is 9.13 Å². The van der Waals surface area contributed by atoms with Gasteiger partial charge in [-0.3, -0.25) is 0 Å². The Labute approximate surface area is 335 Å². The first kappa shape index (κ1) is 33.3. The van der Waals surface area contributed by atoms with E-state index in [0.29, 0.717) is 11.5 Å². The van der Waals surface area contributed by atoms with E-state index in [1.54, 1.807) is 0 Å². The zero-order valence-corrected chi connectivity index (χ0v) is 31.3. The van der Waals surface area contributed by atoms with E-state index in [2.05, 4.69) is 154 Å². The first-order valence-electron chi connectivity index (χ1n) is 19.4. The maximum absolute atomic E-state index is 8.11. The molecule has 0 amide bonds. The van der Waals surface area contributed by atoms with Crippen LogP contribution in [0.3, 0.4) is 0 Å². The van der Waals surface area contributed by atoms with E-state index < -0.39 is 0 Å². The molecule has 0 N–H and O–H groups in total. The summed E-state index contributed by atoms with van der Waals surface area (Å²) in [5.74, 6) is 0.651. The second kappa shape index (κ2) is 13.6. The first-order chi connectivity index (χ1) is 28.7. The van der Waals surface area contributed by atoms with Gasteiger partial charge in [-0.1, -0.05) is 146 Å². The molecule has 3 aromatic heterocycles. The number of benzene rings is 8. The quantitative estimate of drug-likeness (QED) is 0.159. The molecule has 0 aliphatic carbocycles. The van der Waals surface area contributed by atoms with Crippen LogP contribution in [0.2, 0.25) is 0 Å². The zero-order chi connectivity index (χ0) is 38.6. The van der Waals surface area contributed by atoms with Crippen LogP contribution in [0.15, 0.2) is 200 Å². The summed E-state index contributed by atoms with van der Waals surface area (Å²) in [6.45, 7) is 8.11. The molecular formula is C53H33N5. The first-order valence-corrected chi connectivity index (χ1v) is 19.4. The van der Waals surface area contributed by atoms with Crippen molar-refractivity contribution < 1.29 is 0 Å². The monoisotopic (exact) mass is 739 g/mol. The third-order valence-corrected chi connectivity index (χ3v) is 11.1. The molecule has 0 atom stereocenters. The molecule has 3 heterocycles. The maximum Gasteiger partial charge on any atom is 0.194 e. The molecule has 0 saturated heterocycles. The number of fused-ring (bicyclic) bond motifs is 6. The lowest BCUT2D eigenvalue weighted by Gasteiger charge is -2.16. The van der Waals surface area contributed by atoms with Crippen LogP contribution in [0.5, 0.6) is 0 Å². The minimum Gasteiger partial charge on any atom is -0.309 e. The largest absolute Gasteiger partial charge is 0.309 e. The van der Waals surface area contributed by atoms with E-state index in [9.17, 15) is 0 Å². The molecule has 0 fully saturated rings. The average Bonchev–Trinajstić information content (AvgIpc) is 3.82. The fourth-order valence-corrected chi connectivity index (χ4v) is 8.50. The third-order valence-electron chi connectivity index (χ3n) is 11.1. The summed E-state index contributed by atoms with van der Waals surface area (Å²) in [6.07, 6.45) is 0. The summed E-state index contributed by atoms with van der Waals surface area (Å²) < 4.78 is 4.74. The number of hydrogen-bond acceptors (Lipinski definition) is 2. The number of aromatic nitrogens is 4. The van der Waals surface area contributed by atoms with Gasteiger partial charge in [-0.15, -0.1) is 0 Å². The Kier molecular flexibility index (Phi) is 7.80. The summed E-state index contributed by atoms with van der Waals surface area (Å²) in [4.78, 5) is 14.3. The average molecular weight is 740 g/mol. The van der Waals surface area contributed by atoms with E-state index in [1.165, 1.54) is 16.2 Å². The van der Waals surface area contributed by atoms with Gasteiger partial charge in [0.1, 0.15) is 0 Å². The molecule has 0 saturated carbocycles. The van der Waals surface area contributed by atoms with Crippen molar-refractivity contribution in [2.75, 3.05) is 0 Å². The summed E-state index contributed by atoms with van der Waals surface area (Å²) >= 11 is 0. The maximum atomic E-state index is 8.11. The molecule has 0 unspecified atom stereocenters. The van der Waals surface area contributed by atoms with Gasteiger partial charge in [-0.25, -0.2) is 14.8 Å². The van der Waals surface area contributed by atoms with Crippen LogP contribution in [0.25, 0.3) is 105 Å². The third kappa shape index (κ3) is 5.47. The highest BCUT2D eigenvalue weighted by Gasteiger charge is 2.19. The van der Waals surface area contributed by atoms with Crippen molar-refractivity contribution in [2.45, 2.75) is 0 Å². The Bertz CT molecular complexity index is 3290. The molecule has 5 nitrogen and oxygen atoms in total. The SMILES string of the molecule is [C-]#[N+]c1ccccc1-c1cc(-c2cc(-c3ccccc3)nc(-c3ccccc3)n2)cc(-n2c3ccccc3c3ccc(-n4c5ccccc5c5ccccc54)cc32)c1. The van der Waals surface area contributed by atoms with Crippen LogP contribution in [0, 0.1) is 6.57 Å². The van der Waals surface area contributed by atoms with Gasteiger partial charge in [0.15, 0.2) is 11.5 Å². The smallest absolute Gasteiger partial charge is 0.194 e. The topological polar surface area (TPSA) is 40.0 Å². The van der Waals surface area contributed by atoms with E-state index in [0.717, 1.165) is 78.0 Å². The highest BCUT2D eigenvalue weighted by molar-refractivity contribution is 6.12. The van der Waals surface area contributed by atoms with Crippen LogP contribution in [-0.2, 0) is 0 Å². The van der Waals surface area contributed by atoms with Crippen molar-refractivity contribution in [2.24, 2.45) is 0 Å². The highest BCUT2D eigenvalue weighted by atomic mass is 15.0. The summed E-state index contributed by atoms with van der Waals surface area (Å²) in [5, 5.41) is 4.78. The molecular weight excluding hydrogens is 707 g/mol. The standard InChI is InChI=1S/C53H33N5/c1-54-46-24-12-8-20-41(46)37-30-38(48-34-47(35-16-4-2-5-17-35)55-53(56-48)36-18-6-3-7-19-36)32-40(31-37)58-51-27-15-11-23-44(51)45-29-28-39(33-52(45)58)57-49-25-13-9-21-42(49)43-22-10-14-26-50(43)57/h2-34H. The molecule has 0 radical (unpaired) electrons. The van der Waals surface area contributed by atoms with E-state index in [4.69, 9.17) is 16.5 Å². The molecule has 270 valence electrons. The van der Waals surface area contributed by atoms with Gasteiger partial charge in [0.25, 0.3) is 0 Å². The normalized spacial score (nSPS) is 11.4. The van der Waals surface area contributed by atoms with E-state index in [-0.39, 0.29) is 0 Å². The molecule has 5 heteroatoms.